The van der Waals surface area contributed by atoms with Gasteiger partial charge in [-0.3, -0.25) is 4.79 Å². The monoisotopic (exact) mass is 567 g/mol. The van der Waals surface area contributed by atoms with E-state index in [9.17, 15) is 23.5 Å². The van der Waals surface area contributed by atoms with Gasteiger partial charge >= 0.3 is 5.97 Å². The first-order chi connectivity index (χ1) is 19.3. The Kier molecular flexibility index (Phi) is 7.36. The van der Waals surface area contributed by atoms with Gasteiger partial charge in [-0.25, -0.2) is 18.0 Å². The SMILES string of the molecule is Cc1cc2c(c(-c3cc(F)c4c(c3C)CCCO4)c1C(OC(C)(C)C)C(=O)O)CCN2C(=O)c1ccc(F)cc1F. The minimum atomic E-state index is -1.38. The molecule has 1 amide bonds. The molecule has 5 rings (SSSR count). The largest absolute Gasteiger partial charge is 0.490 e. The highest BCUT2D eigenvalue weighted by Gasteiger charge is 2.37. The molecule has 0 aromatic heterocycles. The Bertz CT molecular complexity index is 1580. The summed E-state index contributed by atoms with van der Waals surface area (Å²) in [6, 6.07) is 5.84. The van der Waals surface area contributed by atoms with Gasteiger partial charge in [0, 0.05) is 29.4 Å². The van der Waals surface area contributed by atoms with Gasteiger partial charge in [-0.05, 0) is 106 Å². The number of amides is 1. The van der Waals surface area contributed by atoms with E-state index in [1.807, 2.05) is 6.92 Å². The van der Waals surface area contributed by atoms with Crippen LogP contribution in [0.5, 0.6) is 5.75 Å². The number of ether oxygens (including phenoxy) is 2. The van der Waals surface area contributed by atoms with E-state index in [4.69, 9.17) is 9.47 Å². The molecule has 2 aliphatic rings. The van der Waals surface area contributed by atoms with Crippen molar-refractivity contribution < 1.29 is 37.3 Å². The Hall–Kier alpha value is -3.85. The van der Waals surface area contributed by atoms with Gasteiger partial charge in [0.05, 0.1) is 17.8 Å². The van der Waals surface area contributed by atoms with Crippen LogP contribution in [0.2, 0.25) is 0 Å². The fraction of sp³-hybridized carbons (Fsp3) is 0.375. The number of aliphatic carboxylic acids is 1. The van der Waals surface area contributed by atoms with Gasteiger partial charge in [-0.15, -0.1) is 0 Å². The van der Waals surface area contributed by atoms with Crippen molar-refractivity contribution >= 4 is 17.6 Å². The van der Waals surface area contributed by atoms with Gasteiger partial charge in [0.1, 0.15) is 11.6 Å². The third-order valence-electron chi connectivity index (χ3n) is 7.60. The molecule has 0 saturated carbocycles. The van der Waals surface area contributed by atoms with Gasteiger partial charge in [0.2, 0.25) is 0 Å². The van der Waals surface area contributed by atoms with Crippen LogP contribution in [0.25, 0.3) is 11.1 Å². The molecule has 216 valence electrons. The number of halogens is 3. The number of aryl methyl sites for hydroxylation is 1. The normalized spacial score (nSPS) is 15.3. The van der Waals surface area contributed by atoms with Crippen LogP contribution in [-0.2, 0) is 22.4 Å². The number of carboxylic acids is 1. The van der Waals surface area contributed by atoms with Gasteiger partial charge in [0.15, 0.2) is 17.7 Å². The Morgan fingerprint density at radius 2 is 1.76 bits per heavy atom. The fourth-order valence-corrected chi connectivity index (χ4v) is 5.86. The molecule has 0 radical (unpaired) electrons. The molecule has 0 saturated heterocycles. The van der Waals surface area contributed by atoms with Crippen molar-refractivity contribution in [2.75, 3.05) is 18.1 Å². The van der Waals surface area contributed by atoms with Gasteiger partial charge in [-0.1, -0.05) is 0 Å². The molecule has 41 heavy (non-hydrogen) atoms. The standard InChI is InChI=1S/C32H32F3NO5/c1-16-13-25-21(10-11-36(25)30(37)20-9-8-18(33)14-23(20)34)27(26(16)29(31(38)39)41-32(3,4)5)22-15-24(35)28-19(17(22)2)7-6-12-40-28/h8-9,13-15,29H,6-7,10-12H2,1-5H3,(H,38,39). The Morgan fingerprint density at radius 1 is 1.02 bits per heavy atom. The smallest absolute Gasteiger partial charge is 0.337 e. The Morgan fingerprint density at radius 3 is 2.41 bits per heavy atom. The van der Waals surface area contributed by atoms with Crippen LogP contribution in [-0.4, -0.2) is 35.7 Å². The summed E-state index contributed by atoms with van der Waals surface area (Å²) in [5.74, 6) is -3.98. The summed E-state index contributed by atoms with van der Waals surface area (Å²) < 4.78 is 55.4. The minimum Gasteiger partial charge on any atom is -0.490 e. The second-order valence-corrected chi connectivity index (χ2v) is 11.5. The molecule has 1 unspecified atom stereocenters. The van der Waals surface area contributed by atoms with Crippen LogP contribution in [0.4, 0.5) is 18.9 Å². The van der Waals surface area contributed by atoms with E-state index in [1.54, 1.807) is 33.8 Å². The maximum atomic E-state index is 15.5. The minimum absolute atomic E-state index is 0.175. The first kappa shape index (κ1) is 28.7. The second kappa shape index (κ2) is 10.5. The van der Waals surface area contributed by atoms with E-state index in [0.717, 1.165) is 23.3 Å². The second-order valence-electron chi connectivity index (χ2n) is 11.5. The van der Waals surface area contributed by atoms with Gasteiger partial charge < -0.3 is 19.5 Å². The van der Waals surface area contributed by atoms with Crippen LogP contribution in [0, 0.1) is 31.3 Å². The molecule has 0 fully saturated rings. The first-order valence-electron chi connectivity index (χ1n) is 13.6. The number of hydrogen-bond donors (Lipinski definition) is 1. The summed E-state index contributed by atoms with van der Waals surface area (Å²) in [7, 11) is 0. The lowest BCUT2D eigenvalue weighted by Crippen LogP contribution is -2.30. The van der Waals surface area contributed by atoms with Crippen molar-refractivity contribution in [2.45, 2.75) is 65.6 Å². The van der Waals surface area contributed by atoms with Gasteiger partial charge in [0.25, 0.3) is 5.91 Å². The van der Waals surface area contributed by atoms with Crippen LogP contribution in [0.3, 0.4) is 0 Å². The molecule has 3 aromatic rings. The predicted octanol–water partition coefficient (Wildman–Crippen LogP) is 6.86. The summed E-state index contributed by atoms with van der Waals surface area (Å²) in [6.07, 6.45) is 0.240. The number of carbonyl (C=O) groups is 2. The van der Waals surface area contributed by atoms with Crippen molar-refractivity contribution in [1.29, 1.82) is 0 Å². The lowest BCUT2D eigenvalue weighted by Gasteiger charge is -2.30. The lowest BCUT2D eigenvalue weighted by molar-refractivity contribution is -0.160. The summed E-state index contributed by atoms with van der Waals surface area (Å²) in [5, 5.41) is 10.3. The average Bonchev–Trinajstić information content (AvgIpc) is 3.31. The Balaban J connectivity index is 1.78. The average molecular weight is 568 g/mol. The van der Waals surface area contributed by atoms with Crippen molar-refractivity contribution in [3.63, 3.8) is 0 Å². The van der Waals surface area contributed by atoms with Crippen LogP contribution >= 0.6 is 0 Å². The molecular formula is C32H32F3NO5. The van der Waals surface area contributed by atoms with E-state index in [0.29, 0.717) is 65.4 Å². The van der Waals surface area contributed by atoms with Crippen molar-refractivity contribution in [1.82, 2.24) is 0 Å². The molecule has 0 bridgehead atoms. The highest BCUT2D eigenvalue weighted by molar-refractivity contribution is 6.08. The van der Waals surface area contributed by atoms with E-state index in [-0.39, 0.29) is 17.9 Å². The number of carboxylic acid groups (broad SMARTS) is 1. The van der Waals surface area contributed by atoms with E-state index in [1.165, 1.54) is 11.0 Å². The molecule has 0 spiro atoms. The lowest BCUT2D eigenvalue weighted by atomic mass is 9.83. The molecule has 9 heteroatoms. The Labute approximate surface area is 236 Å². The molecule has 0 aliphatic carbocycles. The van der Waals surface area contributed by atoms with Gasteiger partial charge in [-0.2, -0.15) is 0 Å². The molecule has 2 heterocycles. The zero-order chi connectivity index (χ0) is 29.8. The van der Waals surface area contributed by atoms with E-state index < -0.39 is 41.0 Å². The number of hydrogen-bond acceptors (Lipinski definition) is 4. The topological polar surface area (TPSA) is 76.1 Å². The fourth-order valence-electron chi connectivity index (χ4n) is 5.86. The summed E-state index contributed by atoms with van der Waals surface area (Å²) in [4.78, 5) is 27.6. The van der Waals surface area contributed by atoms with Crippen LogP contribution < -0.4 is 9.64 Å². The molecule has 6 nitrogen and oxygen atoms in total. The van der Waals surface area contributed by atoms with Crippen molar-refractivity contribution in [3.05, 3.63) is 81.2 Å². The number of carbonyl (C=O) groups excluding carboxylic acids is 1. The number of benzene rings is 3. The van der Waals surface area contributed by atoms with Crippen molar-refractivity contribution in [2.24, 2.45) is 0 Å². The van der Waals surface area contributed by atoms with E-state index in [2.05, 4.69) is 0 Å². The number of rotatable bonds is 5. The zero-order valence-corrected chi connectivity index (χ0v) is 23.7. The third-order valence-corrected chi connectivity index (χ3v) is 7.60. The van der Waals surface area contributed by atoms with Crippen molar-refractivity contribution in [3.8, 4) is 16.9 Å². The quantitative estimate of drug-likeness (QED) is 0.365. The van der Waals surface area contributed by atoms with E-state index >= 15 is 4.39 Å². The summed E-state index contributed by atoms with van der Waals surface area (Å²) in [5.41, 5.74) is 3.32. The number of fused-ring (bicyclic) bond motifs is 2. The zero-order valence-electron chi connectivity index (χ0n) is 23.7. The van der Waals surface area contributed by atoms with Crippen LogP contribution in [0.15, 0.2) is 30.3 Å². The highest BCUT2D eigenvalue weighted by Crippen LogP contribution is 2.48. The molecule has 1 atom stereocenters. The maximum Gasteiger partial charge on any atom is 0.337 e. The highest BCUT2D eigenvalue weighted by atomic mass is 19.1. The summed E-state index contributed by atoms with van der Waals surface area (Å²) >= 11 is 0. The maximum absolute atomic E-state index is 15.5. The molecular weight excluding hydrogens is 535 g/mol. The number of anilines is 1. The van der Waals surface area contributed by atoms with Crippen LogP contribution in [0.1, 0.15) is 71.5 Å². The molecule has 2 aliphatic heterocycles. The number of nitrogens with zero attached hydrogens (tertiary/aromatic N) is 1. The third kappa shape index (κ3) is 5.19. The predicted molar refractivity (Wildman–Crippen MR) is 148 cm³/mol. The first-order valence-corrected chi connectivity index (χ1v) is 13.6. The summed E-state index contributed by atoms with van der Waals surface area (Å²) in [6.45, 7) is 9.42. The molecule has 3 aromatic carbocycles. The molecule has 1 N–H and O–H groups in total.